The van der Waals surface area contributed by atoms with E-state index in [0.717, 1.165) is 11.8 Å². The molecule has 0 radical (unpaired) electrons. The predicted molar refractivity (Wildman–Crippen MR) is 105 cm³/mol. The second kappa shape index (κ2) is 8.92. The number of pyridine rings is 1. The van der Waals surface area contributed by atoms with Crippen molar-refractivity contribution in [2.45, 2.75) is 19.4 Å². The quantitative estimate of drug-likeness (QED) is 0.718. The van der Waals surface area contributed by atoms with Crippen LogP contribution < -0.4 is 19.1 Å². The van der Waals surface area contributed by atoms with Gasteiger partial charge in [0, 0.05) is 38.0 Å². The number of hydrogen-bond acceptors (Lipinski definition) is 6. The average Bonchev–Trinajstić information content (AvgIpc) is 2.69. The van der Waals surface area contributed by atoms with E-state index in [4.69, 9.17) is 9.47 Å². The number of hydrogen-bond donors (Lipinski definition) is 1. The van der Waals surface area contributed by atoms with Crippen molar-refractivity contribution in [2.75, 3.05) is 30.3 Å². The van der Waals surface area contributed by atoms with E-state index in [1.165, 1.54) is 4.31 Å². The molecule has 0 atom stereocenters. The van der Waals surface area contributed by atoms with Gasteiger partial charge in [0.1, 0.15) is 13.2 Å². The van der Waals surface area contributed by atoms with Crippen molar-refractivity contribution in [1.82, 2.24) is 10.3 Å². The van der Waals surface area contributed by atoms with Gasteiger partial charge in [-0.2, -0.15) is 0 Å². The van der Waals surface area contributed by atoms with Gasteiger partial charge in [0.15, 0.2) is 11.5 Å². The number of nitrogens with zero attached hydrogens (tertiary/aromatic N) is 2. The van der Waals surface area contributed by atoms with Crippen molar-refractivity contribution in [3.8, 4) is 11.5 Å². The minimum atomic E-state index is -3.50. The van der Waals surface area contributed by atoms with Gasteiger partial charge in [0.25, 0.3) is 0 Å². The SMILES string of the molecule is CS(=O)(=O)N(CCCC(=O)NCc1cccnc1)c1ccc2c(c1)OCCO2. The standard InChI is InChI=1S/C19H23N3O5S/c1-28(24,25)22(16-6-7-17-18(12-16)27-11-10-26-17)9-3-5-19(23)21-14-15-4-2-8-20-13-15/h2,4,6-8,12-13H,3,5,9-11,14H2,1H3,(H,21,23). The molecule has 0 aliphatic carbocycles. The molecule has 150 valence electrons. The molecule has 2 heterocycles. The van der Waals surface area contributed by atoms with Crippen LogP contribution in [0.4, 0.5) is 5.69 Å². The lowest BCUT2D eigenvalue weighted by Crippen LogP contribution is -2.32. The van der Waals surface area contributed by atoms with Crippen molar-refractivity contribution in [2.24, 2.45) is 0 Å². The number of benzene rings is 1. The summed E-state index contributed by atoms with van der Waals surface area (Å²) in [5, 5.41) is 2.81. The minimum Gasteiger partial charge on any atom is -0.486 e. The summed E-state index contributed by atoms with van der Waals surface area (Å²) in [6, 6.07) is 8.71. The molecule has 0 spiro atoms. The Hall–Kier alpha value is -2.81. The fourth-order valence-corrected chi connectivity index (χ4v) is 3.81. The van der Waals surface area contributed by atoms with E-state index in [9.17, 15) is 13.2 Å². The maximum Gasteiger partial charge on any atom is 0.232 e. The van der Waals surface area contributed by atoms with Crippen molar-refractivity contribution >= 4 is 21.6 Å². The number of carbonyl (C=O) groups excluding carboxylic acids is 1. The molecule has 1 aliphatic rings. The zero-order chi connectivity index (χ0) is 20.0. The molecule has 8 nitrogen and oxygen atoms in total. The molecule has 3 rings (SSSR count). The van der Waals surface area contributed by atoms with Gasteiger partial charge in [-0.3, -0.25) is 14.1 Å². The first-order chi connectivity index (χ1) is 13.4. The summed E-state index contributed by atoms with van der Waals surface area (Å²) >= 11 is 0. The van der Waals surface area contributed by atoms with Gasteiger partial charge in [0.2, 0.25) is 15.9 Å². The highest BCUT2D eigenvalue weighted by atomic mass is 32.2. The van der Waals surface area contributed by atoms with Crippen molar-refractivity contribution in [1.29, 1.82) is 0 Å². The summed E-state index contributed by atoms with van der Waals surface area (Å²) in [6.07, 6.45) is 5.11. The monoisotopic (exact) mass is 405 g/mol. The molecule has 2 aromatic rings. The van der Waals surface area contributed by atoms with Crippen LogP contribution in [0.15, 0.2) is 42.7 Å². The highest BCUT2D eigenvalue weighted by molar-refractivity contribution is 7.92. The van der Waals surface area contributed by atoms with Gasteiger partial charge in [-0.25, -0.2) is 8.42 Å². The van der Waals surface area contributed by atoms with E-state index in [2.05, 4.69) is 10.3 Å². The molecule has 0 bridgehead atoms. The number of aromatic nitrogens is 1. The maximum atomic E-state index is 12.2. The molecule has 0 unspecified atom stereocenters. The lowest BCUT2D eigenvalue weighted by Gasteiger charge is -2.25. The Bertz CT molecular complexity index is 918. The predicted octanol–water partition coefficient (Wildman–Crippen LogP) is 1.72. The number of fused-ring (bicyclic) bond motifs is 1. The Labute approximate surface area is 164 Å². The number of carbonyl (C=O) groups is 1. The normalized spacial score (nSPS) is 13.0. The molecule has 0 saturated heterocycles. The maximum absolute atomic E-state index is 12.2. The van der Waals surface area contributed by atoms with Crippen LogP contribution in [-0.2, 0) is 21.4 Å². The molecule has 1 aromatic carbocycles. The fraction of sp³-hybridized carbons (Fsp3) is 0.368. The van der Waals surface area contributed by atoms with E-state index in [-0.39, 0.29) is 18.9 Å². The van der Waals surface area contributed by atoms with Crippen LogP contribution >= 0.6 is 0 Å². The molecule has 9 heteroatoms. The van der Waals surface area contributed by atoms with E-state index in [1.807, 2.05) is 6.07 Å². The number of amides is 1. The molecule has 0 fully saturated rings. The Balaban J connectivity index is 1.57. The molecule has 28 heavy (non-hydrogen) atoms. The number of rotatable bonds is 8. The third kappa shape index (κ3) is 5.35. The zero-order valence-corrected chi connectivity index (χ0v) is 16.4. The van der Waals surface area contributed by atoms with E-state index in [1.54, 1.807) is 36.7 Å². The lowest BCUT2D eigenvalue weighted by atomic mass is 10.2. The van der Waals surface area contributed by atoms with Crippen molar-refractivity contribution in [3.63, 3.8) is 0 Å². The molecule has 1 amide bonds. The highest BCUT2D eigenvalue weighted by Gasteiger charge is 2.21. The first-order valence-corrected chi connectivity index (χ1v) is 10.8. The van der Waals surface area contributed by atoms with Crippen LogP contribution in [0, 0.1) is 0 Å². The van der Waals surface area contributed by atoms with Crippen LogP contribution in [0.3, 0.4) is 0 Å². The second-order valence-corrected chi connectivity index (χ2v) is 8.31. The third-order valence-corrected chi connectivity index (χ3v) is 5.39. The Morgan fingerprint density at radius 3 is 2.71 bits per heavy atom. The van der Waals surface area contributed by atoms with Gasteiger partial charge in [0.05, 0.1) is 11.9 Å². The first kappa shape index (κ1) is 19.9. The Morgan fingerprint density at radius 1 is 1.21 bits per heavy atom. The van der Waals surface area contributed by atoms with Gasteiger partial charge < -0.3 is 14.8 Å². The summed E-state index contributed by atoms with van der Waals surface area (Å²) < 4.78 is 36.7. The first-order valence-electron chi connectivity index (χ1n) is 8.96. The van der Waals surface area contributed by atoms with Crippen LogP contribution in [-0.4, -0.2) is 45.3 Å². The average molecular weight is 405 g/mol. The van der Waals surface area contributed by atoms with Gasteiger partial charge in [-0.15, -0.1) is 0 Å². The Morgan fingerprint density at radius 2 is 2.00 bits per heavy atom. The molecular weight excluding hydrogens is 382 g/mol. The van der Waals surface area contributed by atoms with Gasteiger partial charge in [-0.05, 0) is 30.2 Å². The van der Waals surface area contributed by atoms with Crippen LogP contribution in [0.1, 0.15) is 18.4 Å². The smallest absolute Gasteiger partial charge is 0.232 e. The van der Waals surface area contributed by atoms with E-state index in [0.29, 0.717) is 43.4 Å². The highest BCUT2D eigenvalue weighted by Crippen LogP contribution is 2.34. The summed E-state index contributed by atoms with van der Waals surface area (Å²) in [5.41, 5.74) is 1.40. The van der Waals surface area contributed by atoms with E-state index >= 15 is 0 Å². The van der Waals surface area contributed by atoms with Crippen molar-refractivity contribution < 1.29 is 22.7 Å². The topological polar surface area (TPSA) is 97.8 Å². The molecular formula is C19H23N3O5S. The fourth-order valence-electron chi connectivity index (χ4n) is 2.85. The minimum absolute atomic E-state index is 0.139. The summed E-state index contributed by atoms with van der Waals surface area (Å²) in [4.78, 5) is 16.0. The molecule has 1 aromatic heterocycles. The van der Waals surface area contributed by atoms with Crippen LogP contribution in [0.5, 0.6) is 11.5 Å². The van der Waals surface area contributed by atoms with E-state index < -0.39 is 10.0 Å². The second-order valence-electron chi connectivity index (χ2n) is 6.40. The number of nitrogens with one attached hydrogen (secondary N) is 1. The number of ether oxygens (including phenoxy) is 2. The summed E-state index contributed by atoms with van der Waals surface area (Å²) in [6.45, 7) is 1.48. The Kier molecular flexibility index (Phi) is 6.35. The van der Waals surface area contributed by atoms with Gasteiger partial charge in [-0.1, -0.05) is 6.07 Å². The molecule has 1 N–H and O–H groups in total. The largest absolute Gasteiger partial charge is 0.486 e. The third-order valence-electron chi connectivity index (χ3n) is 4.19. The number of anilines is 1. The zero-order valence-electron chi connectivity index (χ0n) is 15.6. The van der Waals surface area contributed by atoms with Crippen molar-refractivity contribution in [3.05, 3.63) is 48.3 Å². The van der Waals surface area contributed by atoms with Crippen LogP contribution in [0.25, 0.3) is 0 Å². The lowest BCUT2D eigenvalue weighted by molar-refractivity contribution is -0.121. The van der Waals surface area contributed by atoms with Gasteiger partial charge >= 0.3 is 0 Å². The van der Waals surface area contributed by atoms with Crippen LogP contribution in [0.2, 0.25) is 0 Å². The molecule has 0 saturated carbocycles. The number of sulfonamides is 1. The summed E-state index contributed by atoms with van der Waals surface area (Å²) in [7, 11) is -3.50. The summed E-state index contributed by atoms with van der Waals surface area (Å²) in [5.74, 6) is 0.976. The molecule has 1 aliphatic heterocycles.